The summed E-state index contributed by atoms with van der Waals surface area (Å²) in [5.41, 5.74) is 8.54. The van der Waals surface area contributed by atoms with Gasteiger partial charge in [-0.05, 0) is 30.7 Å². The average molecular weight is 305 g/mol. The summed E-state index contributed by atoms with van der Waals surface area (Å²) in [7, 11) is 0. The van der Waals surface area contributed by atoms with Crippen molar-refractivity contribution >= 4 is 33.8 Å². The molecule has 23 heavy (non-hydrogen) atoms. The van der Waals surface area contributed by atoms with Crippen molar-refractivity contribution in [2.24, 2.45) is 10.2 Å². The Kier molecular flexibility index (Phi) is 3.76. The Morgan fingerprint density at radius 2 is 1.70 bits per heavy atom. The quantitative estimate of drug-likeness (QED) is 0.536. The van der Waals surface area contributed by atoms with Crippen LogP contribution in [-0.4, -0.2) is 11.1 Å². The van der Waals surface area contributed by atoms with E-state index in [-0.39, 0.29) is 5.56 Å². The number of hydrogen-bond donors (Lipinski definition) is 2. The normalized spacial score (nSPS) is 11.2. The molecule has 0 saturated heterocycles. The van der Waals surface area contributed by atoms with Crippen LogP contribution in [0.2, 0.25) is 0 Å². The Hall–Kier alpha value is -3.21. The molecule has 3 aromatic carbocycles. The van der Waals surface area contributed by atoms with Gasteiger partial charge in [-0.3, -0.25) is 0 Å². The van der Waals surface area contributed by atoms with Crippen molar-refractivity contribution in [1.82, 2.24) is 0 Å². The summed E-state index contributed by atoms with van der Waals surface area (Å²) in [6.07, 6.45) is 0. The number of carboxylic acid groups (broad SMARTS) is 1. The highest BCUT2D eigenvalue weighted by atomic mass is 16.4. The van der Waals surface area contributed by atoms with Crippen LogP contribution in [0.1, 0.15) is 15.9 Å². The van der Waals surface area contributed by atoms with Crippen LogP contribution in [0.25, 0.3) is 10.8 Å². The van der Waals surface area contributed by atoms with E-state index in [1.54, 1.807) is 18.2 Å². The lowest BCUT2D eigenvalue weighted by molar-refractivity contribution is 0.0697. The number of hydrogen-bond acceptors (Lipinski definition) is 4. The van der Waals surface area contributed by atoms with Gasteiger partial charge in [0.15, 0.2) is 0 Å². The van der Waals surface area contributed by atoms with Crippen molar-refractivity contribution in [3.63, 3.8) is 0 Å². The largest absolute Gasteiger partial charge is 0.478 e. The van der Waals surface area contributed by atoms with Crippen LogP contribution in [0, 0.1) is 6.92 Å². The molecule has 0 unspecified atom stereocenters. The van der Waals surface area contributed by atoms with E-state index in [4.69, 9.17) is 5.73 Å². The van der Waals surface area contributed by atoms with Crippen molar-refractivity contribution in [2.75, 3.05) is 5.73 Å². The number of fused-ring (bicyclic) bond motifs is 1. The lowest BCUT2D eigenvalue weighted by Crippen LogP contribution is -1.97. The summed E-state index contributed by atoms with van der Waals surface area (Å²) in [5.74, 6) is -1.02. The molecule has 3 N–H and O–H groups in total. The minimum atomic E-state index is -1.02. The Balaban J connectivity index is 2.12. The number of carbonyl (C=O) groups is 1. The molecule has 114 valence electrons. The number of nitrogens with zero attached hydrogens (tertiary/aromatic N) is 2. The molecule has 0 bridgehead atoms. The van der Waals surface area contributed by atoms with Crippen LogP contribution in [0.3, 0.4) is 0 Å². The predicted octanol–water partition coefficient (Wildman–Crippen LogP) is 4.84. The number of aromatic carboxylic acids is 1. The summed E-state index contributed by atoms with van der Waals surface area (Å²) in [6.45, 7) is 1.81. The van der Waals surface area contributed by atoms with Crippen molar-refractivity contribution < 1.29 is 9.90 Å². The van der Waals surface area contributed by atoms with Gasteiger partial charge in [-0.1, -0.05) is 36.4 Å². The predicted molar refractivity (Wildman–Crippen MR) is 90.7 cm³/mol. The Morgan fingerprint density at radius 1 is 0.957 bits per heavy atom. The fraction of sp³-hybridized carbons (Fsp3) is 0.0556. The zero-order chi connectivity index (χ0) is 16.4. The summed E-state index contributed by atoms with van der Waals surface area (Å²) in [4.78, 5) is 11.3. The zero-order valence-electron chi connectivity index (χ0n) is 12.5. The molecular formula is C18H15N3O2. The highest BCUT2D eigenvalue weighted by molar-refractivity contribution is 6.00. The maximum atomic E-state index is 11.3. The lowest BCUT2D eigenvalue weighted by Gasteiger charge is -2.06. The first-order chi connectivity index (χ1) is 11.1. The highest BCUT2D eigenvalue weighted by Crippen LogP contribution is 2.32. The first-order valence-electron chi connectivity index (χ1n) is 7.10. The van der Waals surface area contributed by atoms with Gasteiger partial charge in [0.25, 0.3) is 0 Å². The zero-order valence-corrected chi connectivity index (χ0v) is 12.5. The molecule has 0 aromatic heterocycles. The second-order valence-electron chi connectivity index (χ2n) is 5.20. The third-order valence-corrected chi connectivity index (χ3v) is 3.66. The molecule has 0 aliphatic rings. The number of rotatable bonds is 3. The van der Waals surface area contributed by atoms with E-state index in [9.17, 15) is 9.90 Å². The molecule has 3 rings (SSSR count). The molecule has 0 radical (unpaired) electrons. The summed E-state index contributed by atoms with van der Waals surface area (Å²) in [5, 5.41) is 19.5. The standard InChI is InChI=1S/C18H15N3O2/c1-11-5-4-8-14(18(22)23)17(11)21-20-16-10-9-15(19)12-6-2-3-7-13(12)16/h2-10H,19H2,1H3,(H,22,23). The molecule has 0 amide bonds. The molecule has 5 nitrogen and oxygen atoms in total. The Bertz CT molecular complexity index is 933. The van der Waals surface area contributed by atoms with E-state index in [2.05, 4.69) is 10.2 Å². The number of nitrogen functional groups attached to an aromatic ring is 1. The van der Waals surface area contributed by atoms with Crippen molar-refractivity contribution in [3.05, 3.63) is 65.7 Å². The van der Waals surface area contributed by atoms with Gasteiger partial charge in [0, 0.05) is 16.5 Å². The molecule has 0 spiro atoms. The molecular weight excluding hydrogens is 290 g/mol. The molecule has 5 heteroatoms. The van der Waals surface area contributed by atoms with Gasteiger partial charge in [0.2, 0.25) is 0 Å². The number of nitrogens with two attached hydrogens (primary N) is 1. The fourth-order valence-corrected chi connectivity index (χ4v) is 2.46. The third-order valence-electron chi connectivity index (χ3n) is 3.66. The second-order valence-corrected chi connectivity index (χ2v) is 5.20. The lowest BCUT2D eigenvalue weighted by atomic mass is 10.1. The van der Waals surface area contributed by atoms with Crippen LogP contribution < -0.4 is 5.73 Å². The number of azo groups is 1. The molecule has 0 fully saturated rings. The second kappa shape index (κ2) is 5.88. The van der Waals surface area contributed by atoms with Crippen molar-refractivity contribution in [1.29, 1.82) is 0 Å². The number of benzene rings is 3. The fourth-order valence-electron chi connectivity index (χ4n) is 2.46. The van der Waals surface area contributed by atoms with E-state index < -0.39 is 5.97 Å². The van der Waals surface area contributed by atoms with Crippen LogP contribution in [0.15, 0.2) is 64.8 Å². The molecule has 0 aliphatic heterocycles. The molecule has 0 saturated carbocycles. The van der Waals surface area contributed by atoms with Gasteiger partial charge in [-0.25, -0.2) is 4.79 Å². The first kappa shape index (κ1) is 14.7. The molecule has 3 aromatic rings. The van der Waals surface area contributed by atoms with Crippen molar-refractivity contribution in [2.45, 2.75) is 6.92 Å². The van der Waals surface area contributed by atoms with E-state index in [1.165, 1.54) is 6.07 Å². The number of aryl methyl sites for hydroxylation is 1. The Morgan fingerprint density at radius 3 is 2.43 bits per heavy atom. The summed E-state index contributed by atoms with van der Waals surface area (Å²) >= 11 is 0. The van der Waals surface area contributed by atoms with E-state index >= 15 is 0 Å². The minimum absolute atomic E-state index is 0.133. The average Bonchev–Trinajstić information content (AvgIpc) is 2.55. The highest BCUT2D eigenvalue weighted by Gasteiger charge is 2.11. The van der Waals surface area contributed by atoms with Gasteiger partial charge in [0.1, 0.15) is 5.69 Å². The third kappa shape index (κ3) is 2.76. The molecule has 0 atom stereocenters. The topological polar surface area (TPSA) is 88.0 Å². The minimum Gasteiger partial charge on any atom is -0.478 e. The number of anilines is 1. The van der Waals surface area contributed by atoms with Crippen LogP contribution in [0.4, 0.5) is 17.1 Å². The van der Waals surface area contributed by atoms with Gasteiger partial charge in [0.05, 0.1) is 11.3 Å². The van der Waals surface area contributed by atoms with Gasteiger partial charge >= 0.3 is 5.97 Å². The van der Waals surface area contributed by atoms with E-state index in [0.29, 0.717) is 17.1 Å². The van der Waals surface area contributed by atoms with Gasteiger partial charge in [-0.2, -0.15) is 0 Å². The van der Waals surface area contributed by atoms with E-state index in [1.807, 2.05) is 37.3 Å². The molecule has 0 aliphatic carbocycles. The first-order valence-corrected chi connectivity index (χ1v) is 7.10. The summed E-state index contributed by atoms with van der Waals surface area (Å²) < 4.78 is 0. The molecule has 0 heterocycles. The number of carboxylic acids is 1. The van der Waals surface area contributed by atoms with Crippen LogP contribution >= 0.6 is 0 Å². The summed E-state index contributed by atoms with van der Waals surface area (Å²) in [6, 6.07) is 16.2. The maximum absolute atomic E-state index is 11.3. The SMILES string of the molecule is Cc1cccc(C(=O)O)c1N=Nc1ccc(N)c2ccccc12. The van der Waals surface area contributed by atoms with Gasteiger partial charge < -0.3 is 10.8 Å². The van der Waals surface area contributed by atoms with Crippen molar-refractivity contribution in [3.8, 4) is 0 Å². The van der Waals surface area contributed by atoms with Crippen LogP contribution in [-0.2, 0) is 0 Å². The smallest absolute Gasteiger partial charge is 0.337 e. The van der Waals surface area contributed by atoms with E-state index in [0.717, 1.165) is 16.3 Å². The van der Waals surface area contributed by atoms with Crippen LogP contribution in [0.5, 0.6) is 0 Å². The monoisotopic (exact) mass is 305 g/mol. The van der Waals surface area contributed by atoms with Gasteiger partial charge in [-0.15, -0.1) is 10.2 Å². The maximum Gasteiger partial charge on any atom is 0.337 e. The Labute approximate surface area is 133 Å².